The summed E-state index contributed by atoms with van der Waals surface area (Å²) in [5.41, 5.74) is 0.971. The van der Waals surface area contributed by atoms with Crippen LogP contribution in [0.2, 0.25) is 0 Å². The minimum atomic E-state index is -0.846. The number of ether oxygens (including phenoxy) is 2. The van der Waals surface area contributed by atoms with E-state index in [1.807, 2.05) is 0 Å². The number of carbonyl (C=O) groups is 1. The Bertz CT molecular complexity index is 1020. The smallest absolute Gasteiger partial charge is 0.338 e. The molecule has 156 valence electrons. The fourth-order valence-electron chi connectivity index (χ4n) is 2.85. The maximum absolute atomic E-state index is 11.7. The van der Waals surface area contributed by atoms with Gasteiger partial charge in [0.05, 0.1) is 23.6 Å². The minimum Gasteiger partial charge on any atom is -0.491 e. The number of non-ortho nitro benzene ring substituents is 1. The topological polar surface area (TPSA) is 117 Å². The summed E-state index contributed by atoms with van der Waals surface area (Å²) in [4.78, 5) is 26.4. The second-order valence-electron chi connectivity index (χ2n) is 6.42. The lowest BCUT2D eigenvalue weighted by atomic mass is 10.2. The molecule has 0 aliphatic rings. The minimum absolute atomic E-state index is 0.0192. The lowest BCUT2D eigenvalue weighted by Crippen LogP contribution is -2.23. The Morgan fingerprint density at radius 3 is 2.73 bits per heavy atom. The monoisotopic (exact) mass is 411 g/mol. The quantitative estimate of drug-likeness (QED) is 0.327. The molecule has 1 atom stereocenters. The van der Waals surface area contributed by atoms with Crippen molar-refractivity contribution in [3.63, 3.8) is 0 Å². The first kappa shape index (κ1) is 21.0. The molecular weight excluding hydrogens is 390 g/mol. The molecule has 0 saturated carbocycles. The van der Waals surface area contributed by atoms with Gasteiger partial charge in [-0.1, -0.05) is 12.1 Å². The summed E-state index contributed by atoms with van der Waals surface area (Å²) >= 11 is 0. The molecular formula is C21H21N3O6. The molecule has 0 saturated heterocycles. The maximum atomic E-state index is 11.7. The Morgan fingerprint density at radius 1 is 1.27 bits per heavy atom. The number of aliphatic hydroxyl groups excluding tert-OH is 1. The number of nitrogens with zero attached hydrogens (tertiary/aromatic N) is 3. The standard InChI is InChI=1S/C21H21N3O6/c1-2-29-21(26)15-6-8-19(9-7-15)30-14-18(25)13-23-11-10-22-20(23)16-4-3-5-17(12-16)24(27)28/h3-12,18,25H,2,13-14H2,1H3. The van der Waals surface area contributed by atoms with Gasteiger partial charge in [0.1, 0.15) is 24.3 Å². The number of rotatable bonds is 9. The molecule has 3 aromatic rings. The first-order valence-corrected chi connectivity index (χ1v) is 9.32. The molecule has 0 amide bonds. The summed E-state index contributed by atoms with van der Waals surface area (Å²) in [6, 6.07) is 12.6. The summed E-state index contributed by atoms with van der Waals surface area (Å²) in [6.07, 6.45) is 2.41. The number of nitro groups is 1. The molecule has 30 heavy (non-hydrogen) atoms. The Kier molecular flexibility index (Phi) is 6.76. The van der Waals surface area contributed by atoms with E-state index in [0.717, 1.165) is 0 Å². The molecule has 2 aromatic carbocycles. The molecule has 0 spiro atoms. The summed E-state index contributed by atoms with van der Waals surface area (Å²) < 4.78 is 12.2. The number of hydrogen-bond acceptors (Lipinski definition) is 7. The predicted octanol–water partition coefficient (Wildman–Crippen LogP) is 3.07. The van der Waals surface area contributed by atoms with Crippen molar-refractivity contribution in [1.82, 2.24) is 9.55 Å². The van der Waals surface area contributed by atoms with Crippen LogP contribution in [0.25, 0.3) is 11.4 Å². The molecule has 9 heteroatoms. The highest BCUT2D eigenvalue weighted by atomic mass is 16.6. The molecule has 1 aromatic heterocycles. The highest BCUT2D eigenvalue weighted by Gasteiger charge is 2.14. The van der Waals surface area contributed by atoms with Crippen LogP contribution in [0.1, 0.15) is 17.3 Å². The number of benzene rings is 2. The van der Waals surface area contributed by atoms with E-state index in [1.54, 1.807) is 60.3 Å². The average molecular weight is 411 g/mol. The summed E-state index contributed by atoms with van der Waals surface area (Å²) in [7, 11) is 0. The van der Waals surface area contributed by atoms with Crippen LogP contribution >= 0.6 is 0 Å². The molecule has 1 unspecified atom stereocenters. The lowest BCUT2D eigenvalue weighted by molar-refractivity contribution is -0.384. The van der Waals surface area contributed by atoms with E-state index in [4.69, 9.17) is 9.47 Å². The van der Waals surface area contributed by atoms with Gasteiger partial charge < -0.3 is 19.1 Å². The molecule has 9 nitrogen and oxygen atoms in total. The van der Waals surface area contributed by atoms with Gasteiger partial charge in [-0.15, -0.1) is 0 Å². The molecule has 1 heterocycles. The van der Waals surface area contributed by atoms with Crippen LogP contribution in [0.4, 0.5) is 5.69 Å². The van der Waals surface area contributed by atoms with E-state index >= 15 is 0 Å². The fourth-order valence-corrected chi connectivity index (χ4v) is 2.85. The van der Waals surface area contributed by atoms with Crippen LogP contribution in [0.15, 0.2) is 60.9 Å². The maximum Gasteiger partial charge on any atom is 0.338 e. The largest absolute Gasteiger partial charge is 0.491 e. The van der Waals surface area contributed by atoms with Crippen LogP contribution in [0.3, 0.4) is 0 Å². The second-order valence-corrected chi connectivity index (χ2v) is 6.42. The van der Waals surface area contributed by atoms with Crippen molar-refractivity contribution in [2.24, 2.45) is 0 Å². The van der Waals surface area contributed by atoms with Gasteiger partial charge in [-0.05, 0) is 31.2 Å². The van der Waals surface area contributed by atoms with Gasteiger partial charge in [0.25, 0.3) is 5.69 Å². The van der Waals surface area contributed by atoms with Gasteiger partial charge in [-0.25, -0.2) is 9.78 Å². The third-order valence-electron chi connectivity index (χ3n) is 4.25. The molecule has 0 aliphatic heterocycles. The third kappa shape index (κ3) is 5.21. The fraction of sp³-hybridized carbons (Fsp3) is 0.238. The van der Waals surface area contributed by atoms with Gasteiger partial charge in [0.2, 0.25) is 0 Å². The number of nitro benzene ring substituents is 1. The lowest BCUT2D eigenvalue weighted by Gasteiger charge is -2.15. The molecule has 3 rings (SSSR count). The number of esters is 1. The van der Waals surface area contributed by atoms with Crippen LogP contribution in [-0.4, -0.2) is 44.9 Å². The Hall–Kier alpha value is -3.72. The second kappa shape index (κ2) is 9.66. The highest BCUT2D eigenvalue weighted by molar-refractivity contribution is 5.89. The first-order chi connectivity index (χ1) is 14.5. The third-order valence-corrected chi connectivity index (χ3v) is 4.25. The van der Waals surface area contributed by atoms with Crippen LogP contribution in [0.5, 0.6) is 5.75 Å². The van der Waals surface area contributed by atoms with E-state index in [1.165, 1.54) is 12.1 Å². The molecule has 0 fully saturated rings. The Balaban J connectivity index is 1.60. The summed E-state index contributed by atoms with van der Waals surface area (Å²) in [5, 5.41) is 21.3. The molecule has 0 radical (unpaired) electrons. The van der Waals surface area contributed by atoms with Crippen molar-refractivity contribution in [3.8, 4) is 17.1 Å². The Morgan fingerprint density at radius 2 is 2.03 bits per heavy atom. The van der Waals surface area contributed by atoms with E-state index in [0.29, 0.717) is 29.3 Å². The highest BCUT2D eigenvalue weighted by Crippen LogP contribution is 2.23. The first-order valence-electron chi connectivity index (χ1n) is 9.32. The van der Waals surface area contributed by atoms with Crippen LogP contribution < -0.4 is 4.74 Å². The SMILES string of the molecule is CCOC(=O)c1ccc(OCC(O)Cn2ccnc2-c2cccc([N+](=O)[O-])c2)cc1. The number of imidazole rings is 1. The van der Waals surface area contributed by atoms with Crippen molar-refractivity contribution in [2.75, 3.05) is 13.2 Å². The van der Waals surface area contributed by atoms with Gasteiger partial charge in [0, 0.05) is 30.1 Å². The Labute approximate surface area is 172 Å². The number of carbonyl (C=O) groups excluding carboxylic acids is 1. The number of aliphatic hydroxyl groups is 1. The van der Waals surface area contributed by atoms with Crippen molar-refractivity contribution >= 4 is 11.7 Å². The van der Waals surface area contributed by atoms with E-state index in [9.17, 15) is 20.0 Å². The van der Waals surface area contributed by atoms with Gasteiger partial charge in [-0.2, -0.15) is 0 Å². The van der Waals surface area contributed by atoms with Gasteiger partial charge in [-0.3, -0.25) is 10.1 Å². The zero-order chi connectivity index (χ0) is 21.5. The zero-order valence-corrected chi connectivity index (χ0v) is 16.3. The van der Waals surface area contributed by atoms with Crippen molar-refractivity contribution in [3.05, 3.63) is 76.6 Å². The zero-order valence-electron chi connectivity index (χ0n) is 16.3. The van der Waals surface area contributed by atoms with E-state index in [2.05, 4.69) is 4.98 Å². The van der Waals surface area contributed by atoms with E-state index in [-0.39, 0.29) is 18.8 Å². The van der Waals surface area contributed by atoms with Crippen molar-refractivity contribution < 1.29 is 24.3 Å². The van der Waals surface area contributed by atoms with Crippen LogP contribution in [-0.2, 0) is 11.3 Å². The van der Waals surface area contributed by atoms with Crippen molar-refractivity contribution in [2.45, 2.75) is 19.6 Å². The molecule has 0 aliphatic carbocycles. The van der Waals surface area contributed by atoms with E-state index < -0.39 is 17.0 Å². The summed E-state index contributed by atoms with van der Waals surface area (Å²) in [6.45, 7) is 2.25. The van der Waals surface area contributed by atoms with Crippen molar-refractivity contribution in [1.29, 1.82) is 0 Å². The molecule has 1 N–H and O–H groups in total. The number of hydrogen-bond donors (Lipinski definition) is 1. The predicted molar refractivity (Wildman–Crippen MR) is 108 cm³/mol. The van der Waals surface area contributed by atoms with Crippen LogP contribution in [0, 0.1) is 10.1 Å². The average Bonchev–Trinajstić information content (AvgIpc) is 3.21. The molecule has 0 bridgehead atoms. The normalized spacial score (nSPS) is 11.7. The number of aromatic nitrogens is 2. The van der Waals surface area contributed by atoms with Gasteiger partial charge in [0.15, 0.2) is 0 Å². The summed E-state index contributed by atoms with van der Waals surface area (Å²) in [5.74, 6) is 0.612. The van der Waals surface area contributed by atoms with Gasteiger partial charge >= 0.3 is 5.97 Å².